The lowest BCUT2D eigenvalue weighted by atomic mass is 10.1. The Labute approximate surface area is 174 Å². The van der Waals surface area contributed by atoms with Gasteiger partial charge in [-0.25, -0.2) is 19.1 Å². The van der Waals surface area contributed by atoms with E-state index >= 15 is 0 Å². The highest BCUT2D eigenvalue weighted by atomic mass is 35.5. The maximum Gasteiger partial charge on any atom is 0.416 e. The largest absolute Gasteiger partial charge is 0.447 e. The Morgan fingerprint density at radius 3 is 2.69 bits per heavy atom. The Hall–Kier alpha value is -2.51. The van der Waals surface area contributed by atoms with Crippen molar-refractivity contribution in [3.63, 3.8) is 0 Å². The molecule has 1 aliphatic rings. The van der Waals surface area contributed by atoms with E-state index in [0.29, 0.717) is 19.3 Å². The van der Waals surface area contributed by atoms with E-state index < -0.39 is 11.9 Å². The molecular weight excluding hydrogens is 399 g/mol. The third-order valence-electron chi connectivity index (χ3n) is 4.28. The van der Waals surface area contributed by atoms with Crippen molar-refractivity contribution in [2.45, 2.75) is 38.6 Å². The molecule has 0 unspecified atom stereocenters. The smallest absolute Gasteiger partial charge is 0.416 e. The standard InChI is InChI=1S/C15H19NO4.C6H5ClFN/c17-9-5-4-8-14(18)16-13(11-20-15(16)19)10-12-6-2-1-3-7-12;1-4-2-5(8)6(7)9-3-4/h1-3,6-7,13,17H,4-5,8-11H2;2-3H,1H3/t13-;/m1./s1. The maximum absolute atomic E-state index is 12.4. The summed E-state index contributed by atoms with van der Waals surface area (Å²) in [6, 6.07) is 10.8. The number of aliphatic hydroxyl groups is 1. The normalized spacial score (nSPS) is 15.5. The molecule has 8 heteroatoms. The molecule has 1 fully saturated rings. The van der Waals surface area contributed by atoms with E-state index in [1.54, 1.807) is 6.92 Å². The van der Waals surface area contributed by atoms with Crippen LogP contribution in [0.25, 0.3) is 0 Å². The molecule has 0 saturated carbocycles. The highest BCUT2D eigenvalue weighted by molar-refractivity contribution is 6.29. The van der Waals surface area contributed by atoms with Gasteiger partial charge in [-0.3, -0.25) is 4.79 Å². The molecule has 2 amide bonds. The lowest BCUT2D eigenvalue weighted by Crippen LogP contribution is -2.40. The zero-order valence-corrected chi connectivity index (χ0v) is 16.9. The Morgan fingerprint density at radius 1 is 1.34 bits per heavy atom. The zero-order chi connectivity index (χ0) is 21.2. The van der Waals surface area contributed by atoms with Gasteiger partial charge in [0, 0.05) is 19.2 Å². The highest BCUT2D eigenvalue weighted by Crippen LogP contribution is 2.19. The maximum atomic E-state index is 12.4. The van der Waals surface area contributed by atoms with Crippen LogP contribution in [0.5, 0.6) is 0 Å². The molecule has 29 heavy (non-hydrogen) atoms. The summed E-state index contributed by atoms with van der Waals surface area (Å²) in [6.45, 7) is 2.07. The van der Waals surface area contributed by atoms with E-state index in [9.17, 15) is 14.0 Å². The summed E-state index contributed by atoms with van der Waals surface area (Å²) < 4.78 is 17.4. The molecular formula is C21H24ClFN2O4. The molecule has 1 aromatic carbocycles. The summed E-state index contributed by atoms with van der Waals surface area (Å²) >= 11 is 5.29. The minimum Gasteiger partial charge on any atom is -0.447 e. The number of rotatable bonds is 6. The van der Waals surface area contributed by atoms with Crippen LogP contribution in [0.1, 0.15) is 30.4 Å². The van der Waals surface area contributed by atoms with Gasteiger partial charge in [-0.2, -0.15) is 0 Å². The molecule has 1 N–H and O–H groups in total. The number of carbonyl (C=O) groups excluding carboxylic acids is 2. The highest BCUT2D eigenvalue weighted by Gasteiger charge is 2.37. The molecule has 1 aliphatic heterocycles. The number of hydrogen-bond acceptors (Lipinski definition) is 5. The van der Waals surface area contributed by atoms with Crippen LogP contribution >= 0.6 is 11.6 Å². The van der Waals surface area contributed by atoms with E-state index in [1.165, 1.54) is 17.2 Å². The second-order valence-electron chi connectivity index (χ2n) is 6.65. The van der Waals surface area contributed by atoms with Crippen LogP contribution < -0.4 is 0 Å². The summed E-state index contributed by atoms with van der Waals surface area (Å²) in [5, 5.41) is 8.66. The van der Waals surface area contributed by atoms with Gasteiger partial charge in [0.15, 0.2) is 11.0 Å². The van der Waals surface area contributed by atoms with Crippen LogP contribution in [0.2, 0.25) is 5.15 Å². The average Bonchev–Trinajstić information content (AvgIpc) is 3.06. The van der Waals surface area contributed by atoms with E-state index in [0.717, 1.165) is 11.1 Å². The molecule has 1 aromatic heterocycles. The quantitative estimate of drug-likeness (QED) is 0.563. The lowest BCUT2D eigenvalue weighted by molar-refractivity contribution is -0.129. The second-order valence-corrected chi connectivity index (χ2v) is 7.01. The molecule has 2 aromatic rings. The number of aliphatic hydroxyl groups excluding tert-OH is 1. The minimum atomic E-state index is -0.556. The number of hydrogen-bond donors (Lipinski definition) is 1. The van der Waals surface area contributed by atoms with Gasteiger partial charge in [0.1, 0.15) is 6.61 Å². The van der Waals surface area contributed by atoms with Crippen molar-refractivity contribution in [2.24, 2.45) is 0 Å². The molecule has 6 nitrogen and oxygen atoms in total. The van der Waals surface area contributed by atoms with Crippen LogP contribution in [-0.2, 0) is 16.0 Å². The third-order valence-corrected chi connectivity index (χ3v) is 4.55. The first-order chi connectivity index (χ1) is 13.9. The number of halogens is 2. The van der Waals surface area contributed by atoms with Crippen LogP contribution in [0, 0.1) is 12.7 Å². The van der Waals surface area contributed by atoms with Crippen LogP contribution in [-0.4, -0.2) is 46.2 Å². The fourth-order valence-electron chi connectivity index (χ4n) is 2.83. The Bertz CT molecular complexity index is 820. The summed E-state index contributed by atoms with van der Waals surface area (Å²) in [4.78, 5) is 28.6. The molecule has 2 heterocycles. The zero-order valence-electron chi connectivity index (χ0n) is 16.2. The fraction of sp³-hybridized carbons (Fsp3) is 0.381. The van der Waals surface area contributed by atoms with Crippen molar-refractivity contribution in [3.8, 4) is 0 Å². The number of aromatic nitrogens is 1. The first-order valence-electron chi connectivity index (χ1n) is 9.33. The number of aryl methyl sites for hydroxylation is 1. The average molecular weight is 423 g/mol. The third kappa shape index (κ3) is 7.11. The van der Waals surface area contributed by atoms with Crippen molar-refractivity contribution >= 4 is 23.6 Å². The SMILES string of the molecule is Cc1cnc(Cl)c(F)c1.O=C(CCCCO)N1C(=O)OC[C@H]1Cc1ccccc1. The molecule has 0 radical (unpaired) electrons. The monoisotopic (exact) mass is 422 g/mol. The molecule has 0 spiro atoms. The Balaban J connectivity index is 0.000000278. The van der Waals surface area contributed by atoms with Gasteiger partial charge in [0.2, 0.25) is 5.91 Å². The number of nitrogens with zero attached hydrogens (tertiary/aromatic N) is 2. The van der Waals surface area contributed by atoms with E-state index in [4.69, 9.17) is 21.4 Å². The number of cyclic esters (lactones) is 1. The lowest BCUT2D eigenvalue weighted by Gasteiger charge is -2.19. The van der Waals surface area contributed by atoms with Crippen LogP contribution in [0.4, 0.5) is 9.18 Å². The predicted molar refractivity (Wildman–Crippen MR) is 107 cm³/mol. The van der Waals surface area contributed by atoms with Gasteiger partial charge in [0.05, 0.1) is 6.04 Å². The fourth-order valence-corrected chi connectivity index (χ4v) is 2.93. The summed E-state index contributed by atoms with van der Waals surface area (Å²) in [5.41, 5.74) is 1.85. The van der Waals surface area contributed by atoms with E-state index in [1.807, 2.05) is 30.3 Å². The summed E-state index contributed by atoms with van der Waals surface area (Å²) in [5.74, 6) is -0.682. The van der Waals surface area contributed by atoms with Crippen molar-refractivity contribution < 1.29 is 23.8 Å². The van der Waals surface area contributed by atoms with E-state index in [2.05, 4.69) is 4.98 Å². The van der Waals surface area contributed by atoms with Crippen LogP contribution in [0.3, 0.4) is 0 Å². The first-order valence-corrected chi connectivity index (χ1v) is 9.71. The first kappa shape index (κ1) is 22.8. The van der Waals surface area contributed by atoms with Gasteiger partial charge < -0.3 is 9.84 Å². The van der Waals surface area contributed by atoms with Crippen molar-refractivity contribution in [1.29, 1.82) is 0 Å². The molecule has 0 bridgehead atoms. The molecule has 0 aliphatic carbocycles. The van der Waals surface area contributed by atoms with E-state index in [-0.39, 0.29) is 36.7 Å². The molecule has 1 saturated heterocycles. The number of ether oxygens (including phenoxy) is 1. The minimum absolute atomic E-state index is 0.0607. The number of benzene rings is 1. The predicted octanol–water partition coefficient (Wildman–Crippen LogP) is 3.92. The van der Waals surface area contributed by atoms with Gasteiger partial charge in [-0.1, -0.05) is 41.9 Å². The van der Waals surface area contributed by atoms with Crippen molar-refractivity contribution in [1.82, 2.24) is 9.88 Å². The molecule has 3 rings (SSSR count). The summed E-state index contributed by atoms with van der Waals surface area (Å²) in [6.07, 6.45) is 2.99. The Morgan fingerprint density at radius 2 is 2.07 bits per heavy atom. The molecule has 156 valence electrons. The molecule has 1 atom stereocenters. The van der Waals surface area contributed by atoms with Crippen molar-refractivity contribution in [2.75, 3.05) is 13.2 Å². The van der Waals surface area contributed by atoms with Gasteiger partial charge in [-0.05, 0) is 43.4 Å². The number of imide groups is 1. The topological polar surface area (TPSA) is 79.7 Å². The van der Waals surface area contributed by atoms with Crippen molar-refractivity contribution in [3.05, 3.63) is 64.7 Å². The van der Waals surface area contributed by atoms with Gasteiger partial charge in [-0.15, -0.1) is 0 Å². The van der Waals surface area contributed by atoms with Crippen LogP contribution in [0.15, 0.2) is 42.6 Å². The number of unbranched alkanes of at least 4 members (excludes halogenated alkanes) is 1. The number of amides is 2. The number of pyridine rings is 1. The van der Waals surface area contributed by atoms with Gasteiger partial charge >= 0.3 is 6.09 Å². The van der Waals surface area contributed by atoms with Gasteiger partial charge in [0.25, 0.3) is 0 Å². The Kier molecular flexibility index (Phi) is 9.02. The second kappa shape index (κ2) is 11.5. The number of carbonyl (C=O) groups is 2. The summed E-state index contributed by atoms with van der Waals surface area (Å²) in [7, 11) is 0.